The molecule has 0 unspecified atom stereocenters. The number of aryl methyl sites for hydroxylation is 1. The van der Waals surface area contributed by atoms with Gasteiger partial charge in [-0.1, -0.05) is 17.3 Å². The number of aromatic nitrogens is 4. The van der Waals surface area contributed by atoms with Crippen LogP contribution in [-0.2, 0) is 11.8 Å². The van der Waals surface area contributed by atoms with Crippen molar-refractivity contribution in [2.75, 3.05) is 25.0 Å². The number of likely N-dealkylation sites (tertiary alicyclic amines) is 1. The van der Waals surface area contributed by atoms with Crippen LogP contribution in [0.15, 0.2) is 36.7 Å². The van der Waals surface area contributed by atoms with Crippen LogP contribution in [0, 0.1) is 5.92 Å². The molecule has 3 heterocycles. The van der Waals surface area contributed by atoms with Gasteiger partial charge in [-0.05, 0) is 57.3 Å². The maximum atomic E-state index is 12.7. The van der Waals surface area contributed by atoms with Gasteiger partial charge in [0, 0.05) is 36.7 Å². The molecule has 4 rings (SSSR count). The van der Waals surface area contributed by atoms with Gasteiger partial charge < -0.3 is 15.3 Å². The molecular formula is C22H28N6O2. The molecule has 0 saturated carbocycles. The van der Waals surface area contributed by atoms with E-state index in [9.17, 15) is 9.90 Å². The second kappa shape index (κ2) is 8.12. The van der Waals surface area contributed by atoms with Gasteiger partial charge in [-0.2, -0.15) is 0 Å². The number of piperidine rings is 1. The van der Waals surface area contributed by atoms with E-state index in [1.807, 2.05) is 51.4 Å². The van der Waals surface area contributed by atoms with E-state index in [2.05, 4.69) is 25.5 Å². The third-order valence-electron chi connectivity index (χ3n) is 5.44. The van der Waals surface area contributed by atoms with E-state index < -0.39 is 5.60 Å². The van der Waals surface area contributed by atoms with Gasteiger partial charge in [0.05, 0.1) is 11.8 Å². The number of nitrogens with zero attached hydrogens (tertiary/aromatic N) is 5. The van der Waals surface area contributed by atoms with Gasteiger partial charge in [0.25, 0.3) is 0 Å². The van der Waals surface area contributed by atoms with Gasteiger partial charge in [0.15, 0.2) is 0 Å². The molecule has 1 amide bonds. The molecule has 2 N–H and O–H groups in total. The molecule has 8 nitrogen and oxygen atoms in total. The number of anilines is 1. The summed E-state index contributed by atoms with van der Waals surface area (Å²) >= 11 is 0. The number of pyridine rings is 1. The van der Waals surface area contributed by atoms with Crippen LogP contribution in [-0.4, -0.2) is 61.1 Å². The molecule has 30 heavy (non-hydrogen) atoms. The monoisotopic (exact) mass is 408 g/mol. The number of amides is 1. The first-order chi connectivity index (χ1) is 14.3. The van der Waals surface area contributed by atoms with Crippen LogP contribution in [0.4, 0.5) is 5.82 Å². The summed E-state index contributed by atoms with van der Waals surface area (Å²) in [6.07, 6.45) is 5.21. The number of nitrogens with one attached hydrogen (secondary N) is 1. The summed E-state index contributed by atoms with van der Waals surface area (Å²) in [6, 6.07) is 7.92. The first-order valence-electron chi connectivity index (χ1n) is 10.3. The van der Waals surface area contributed by atoms with E-state index in [0.29, 0.717) is 12.4 Å². The molecule has 158 valence electrons. The van der Waals surface area contributed by atoms with E-state index in [0.717, 1.165) is 48.0 Å². The number of rotatable bonds is 5. The molecule has 2 aromatic heterocycles. The maximum Gasteiger partial charge on any atom is 0.228 e. The van der Waals surface area contributed by atoms with Crippen molar-refractivity contribution in [3.8, 4) is 11.3 Å². The van der Waals surface area contributed by atoms with Crippen molar-refractivity contribution < 1.29 is 9.90 Å². The molecule has 0 bridgehead atoms. The number of β-amino-alcohol motifs (C(OH)–C–C–N with tert-alkyl or cyclic N) is 1. The quantitative estimate of drug-likeness (QED) is 0.673. The highest BCUT2D eigenvalue weighted by molar-refractivity contribution is 5.95. The van der Waals surface area contributed by atoms with Crippen LogP contribution in [0.25, 0.3) is 22.0 Å². The fraction of sp³-hybridized carbons (Fsp3) is 0.455. The minimum atomic E-state index is -0.714. The fourth-order valence-electron chi connectivity index (χ4n) is 3.98. The Kier molecular flexibility index (Phi) is 5.53. The van der Waals surface area contributed by atoms with Crippen molar-refractivity contribution in [3.63, 3.8) is 0 Å². The van der Waals surface area contributed by atoms with Gasteiger partial charge in [0.1, 0.15) is 11.5 Å². The lowest BCUT2D eigenvalue weighted by molar-refractivity contribution is -0.121. The van der Waals surface area contributed by atoms with Crippen molar-refractivity contribution in [1.82, 2.24) is 24.9 Å². The average Bonchev–Trinajstić information content (AvgIpc) is 3.13. The summed E-state index contributed by atoms with van der Waals surface area (Å²) in [6.45, 7) is 5.88. The van der Waals surface area contributed by atoms with E-state index in [-0.39, 0.29) is 11.8 Å². The highest BCUT2D eigenvalue weighted by Crippen LogP contribution is 2.25. The predicted octanol–water partition coefficient (Wildman–Crippen LogP) is 2.45. The number of benzene rings is 1. The lowest BCUT2D eigenvalue weighted by atomic mass is 9.95. The zero-order valence-corrected chi connectivity index (χ0v) is 17.7. The summed E-state index contributed by atoms with van der Waals surface area (Å²) in [5.41, 5.74) is 1.06. The zero-order valence-electron chi connectivity index (χ0n) is 17.7. The first-order valence-corrected chi connectivity index (χ1v) is 10.3. The molecule has 1 aromatic carbocycles. The minimum absolute atomic E-state index is 0.00911. The molecule has 8 heteroatoms. The Morgan fingerprint density at radius 1 is 1.23 bits per heavy atom. The van der Waals surface area contributed by atoms with E-state index >= 15 is 0 Å². The number of carbonyl (C=O) groups excluding carboxylic acids is 1. The van der Waals surface area contributed by atoms with Gasteiger partial charge in [-0.3, -0.25) is 9.48 Å². The van der Waals surface area contributed by atoms with Crippen LogP contribution in [0.2, 0.25) is 0 Å². The molecule has 1 aliphatic heterocycles. The van der Waals surface area contributed by atoms with Crippen molar-refractivity contribution >= 4 is 22.5 Å². The van der Waals surface area contributed by atoms with Crippen LogP contribution >= 0.6 is 0 Å². The summed E-state index contributed by atoms with van der Waals surface area (Å²) in [4.78, 5) is 19.4. The highest BCUT2D eigenvalue weighted by atomic mass is 16.3. The van der Waals surface area contributed by atoms with Crippen molar-refractivity contribution in [1.29, 1.82) is 0 Å². The van der Waals surface area contributed by atoms with Crippen LogP contribution in [0.5, 0.6) is 0 Å². The molecule has 0 spiro atoms. The Morgan fingerprint density at radius 3 is 2.67 bits per heavy atom. The average molecular weight is 409 g/mol. The second-order valence-electron chi connectivity index (χ2n) is 8.76. The molecule has 1 fully saturated rings. The summed E-state index contributed by atoms with van der Waals surface area (Å²) in [7, 11) is 1.84. The number of fused-ring (bicyclic) bond motifs is 1. The van der Waals surface area contributed by atoms with Gasteiger partial charge in [-0.15, -0.1) is 5.10 Å². The van der Waals surface area contributed by atoms with Gasteiger partial charge in [0.2, 0.25) is 5.91 Å². The summed E-state index contributed by atoms with van der Waals surface area (Å²) in [5.74, 6) is 0.532. The molecule has 1 saturated heterocycles. The largest absolute Gasteiger partial charge is 0.389 e. The van der Waals surface area contributed by atoms with Gasteiger partial charge >= 0.3 is 0 Å². The molecule has 0 atom stereocenters. The molecule has 1 aliphatic rings. The highest BCUT2D eigenvalue weighted by Gasteiger charge is 2.27. The Balaban J connectivity index is 1.43. The first kappa shape index (κ1) is 20.4. The lowest BCUT2D eigenvalue weighted by Gasteiger charge is -2.34. The topological polar surface area (TPSA) is 96.2 Å². The van der Waals surface area contributed by atoms with E-state index in [1.165, 1.54) is 0 Å². The van der Waals surface area contributed by atoms with E-state index in [1.54, 1.807) is 10.9 Å². The smallest absolute Gasteiger partial charge is 0.228 e. The second-order valence-corrected chi connectivity index (χ2v) is 8.76. The van der Waals surface area contributed by atoms with E-state index in [4.69, 9.17) is 0 Å². The predicted molar refractivity (Wildman–Crippen MR) is 116 cm³/mol. The SMILES string of the molecule is Cn1cc(-c2ccc3cnc(NC(=O)C4CCN(CC(C)(C)O)CC4)cc3c2)nn1. The Labute approximate surface area is 175 Å². The standard InChI is InChI=1S/C22H28N6O2/c1-22(2,30)14-28-8-6-15(7-9-28)21(29)24-20-11-18-10-16(4-5-17(18)12-23-20)19-13-27(3)26-25-19/h4-5,10-13,15,30H,6-9,14H2,1-3H3,(H,23,24,29). The Morgan fingerprint density at radius 2 is 2.00 bits per heavy atom. The van der Waals surface area contributed by atoms with Crippen molar-refractivity contribution in [2.24, 2.45) is 13.0 Å². The number of hydrogen-bond donors (Lipinski definition) is 2. The number of carbonyl (C=O) groups is 1. The summed E-state index contributed by atoms with van der Waals surface area (Å²) in [5, 5.41) is 23.1. The molecule has 3 aromatic rings. The molecule has 0 radical (unpaired) electrons. The fourth-order valence-corrected chi connectivity index (χ4v) is 3.98. The maximum absolute atomic E-state index is 12.7. The van der Waals surface area contributed by atoms with Gasteiger partial charge in [-0.25, -0.2) is 4.98 Å². The summed E-state index contributed by atoms with van der Waals surface area (Å²) < 4.78 is 1.67. The number of hydrogen-bond acceptors (Lipinski definition) is 6. The van der Waals surface area contributed by atoms with Crippen molar-refractivity contribution in [2.45, 2.75) is 32.3 Å². The Hall–Kier alpha value is -2.84. The van der Waals surface area contributed by atoms with Crippen LogP contribution in [0.1, 0.15) is 26.7 Å². The number of aliphatic hydroxyl groups is 1. The normalized spacial score (nSPS) is 16.1. The minimum Gasteiger partial charge on any atom is -0.389 e. The van der Waals surface area contributed by atoms with Crippen LogP contribution in [0.3, 0.4) is 0 Å². The third kappa shape index (κ3) is 4.83. The molecule has 0 aliphatic carbocycles. The molecular weight excluding hydrogens is 380 g/mol. The third-order valence-corrected chi connectivity index (χ3v) is 5.44. The Bertz CT molecular complexity index is 1050. The van der Waals surface area contributed by atoms with Crippen LogP contribution < -0.4 is 5.32 Å². The van der Waals surface area contributed by atoms with Crippen molar-refractivity contribution in [3.05, 3.63) is 36.7 Å². The lowest BCUT2D eigenvalue weighted by Crippen LogP contribution is -2.44. The zero-order chi connectivity index (χ0) is 21.3.